The number of benzene rings is 8. The molecule has 0 aliphatic rings. The van der Waals surface area contributed by atoms with E-state index in [-0.39, 0.29) is 0 Å². The highest BCUT2D eigenvalue weighted by Gasteiger charge is 2.18. The third-order valence-corrected chi connectivity index (χ3v) is 10.00. The summed E-state index contributed by atoms with van der Waals surface area (Å²) in [5.41, 5.74) is 13.3. The number of anilines is 3. The Morgan fingerprint density at radius 1 is 0.353 bits per heavy atom. The van der Waals surface area contributed by atoms with Gasteiger partial charge in [0.05, 0.1) is 16.7 Å². The van der Waals surface area contributed by atoms with Gasteiger partial charge in [0.2, 0.25) is 0 Å². The van der Waals surface area contributed by atoms with Crippen molar-refractivity contribution in [1.82, 2.24) is 4.57 Å². The number of hydrogen-bond acceptors (Lipinski definition) is 2. The molecule has 2 heterocycles. The number of para-hydroxylation sites is 4. The van der Waals surface area contributed by atoms with Crippen molar-refractivity contribution < 1.29 is 4.42 Å². The average molecular weight is 653 g/mol. The summed E-state index contributed by atoms with van der Waals surface area (Å²) in [4.78, 5) is 2.31. The maximum absolute atomic E-state index is 6.17. The van der Waals surface area contributed by atoms with Crippen LogP contribution in [-0.2, 0) is 0 Å². The molecule has 0 aliphatic carbocycles. The highest BCUT2D eigenvalue weighted by atomic mass is 16.3. The SMILES string of the molecule is c1ccc(-c2ccc3c4ccccc4n(-c4ccccc4-c4ccc(N(c5ccccc5)c5ccc6oc7ccccc7c6c5)cc4)c3c2)cc1. The Bertz CT molecular complexity index is 2850. The molecular weight excluding hydrogens is 621 g/mol. The predicted molar refractivity (Wildman–Crippen MR) is 214 cm³/mol. The molecule has 51 heavy (non-hydrogen) atoms. The Morgan fingerprint density at radius 3 is 1.80 bits per heavy atom. The lowest BCUT2D eigenvalue weighted by Gasteiger charge is -2.26. The zero-order chi connectivity index (χ0) is 33.7. The van der Waals surface area contributed by atoms with E-state index < -0.39 is 0 Å². The van der Waals surface area contributed by atoms with Crippen molar-refractivity contribution in [2.45, 2.75) is 0 Å². The third-order valence-electron chi connectivity index (χ3n) is 10.00. The van der Waals surface area contributed by atoms with Crippen LogP contribution in [0.1, 0.15) is 0 Å². The van der Waals surface area contributed by atoms with Crippen LogP contribution in [0.25, 0.3) is 71.7 Å². The summed E-state index contributed by atoms with van der Waals surface area (Å²) in [5.74, 6) is 0. The fourth-order valence-electron chi connectivity index (χ4n) is 7.62. The van der Waals surface area contributed by atoms with Crippen LogP contribution in [0.2, 0.25) is 0 Å². The van der Waals surface area contributed by atoms with Crippen LogP contribution in [0.4, 0.5) is 17.1 Å². The first-order valence-corrected chi connectivity index (χ1v) is 17.4. The number of aromatic nitrogens is 1. The summed E-state index contributed by atoms with van der Waals surface area (Å²) in [6.45, 7) is 0. The summed E-state index contributed by atoms with van der Waals surface area (Å²) in [6.07, 6.45) is 0. The molecule has 10 rings (SSSR count). The molecule has 0 saturated carbocycles. The van der Waals surface area contributed by atoms with Gasteiger partial charge in [0.1, 0.15) is 11.2 Å². The second kappa shape index (κ2) is 11.9. The highest BCUT2D eigenvalue weighted by Crippen LogP contribution is 2.41. The lowest BCUT2D eigenvalue weighted by molar-refractivity contribution is 0.669. The van der Waals surface area contributed by atoms with E-state index in [1.807, 2.05) is 12.1 Å². The van der Waals surface area contributed by atoms with E-state index in [1.165, 1.54) is 38.5 Å². The van der Waals surface area contributed by atoms with Gasteiger partial charge in [-0.2, -0.15) is 0 Å². The standard InChI is InChI=1S/C48H32N2O/c1-3-13-33(14-4-1)35-25-29-41-40-18-8-11-21-45(40)50(46(41)31-35)44-20-10-7-17-39(44)34-23-26-37(27-24-34)49(36-15-5-2-6-16-36)38-28-30-48-43(32-38)42-19-9-12-22-47(42)51-48/h1-32H. The molecule has 0 unspecified atom stereocenters. The Hall–Kier alpha value is -6.84. The molecule has 0 fully saturated rings. The van der Waals surface area contributed by atoms with E-state index in [0.717, 1.165) is 50.3 Å². The van der Waals surface area contributed by atoms with Crippen LogP contribution in [0.5, 0.6) is 0 Å². The summed E-state index contributed by atoms with van der Waals surface area (Å²) >= 11 is 0. The fraction of sp³-hybridized carbons (Fsp3) is 0. The number of nitrogens with zero attached hydrogens (tertiary/aromatic N) is 2. The minimum atomic E-state index is 0.890. The Labute approximate surface area is 295 Å². The van der Waals surface area contributed by atoms with Crippen molar-refractivity contribution in [1.29, 1.82) is 0 Å². The quantitative estimate of drug-likeness (QED) is 0.178. The molecule has 0 N–H and O–H groups in total. The first-order chi connectivity index (χ1) is 25.3. The molecule has 0 saturated heterocycles. The molecule has 8 aromatic carbocycles. The molecule has 0 atom stereocenters. The topological polar surface area (TPSA) is 21.3 Å². The van der Waals surface area contributed by atoms with Gasteiger partial charge in [-0.1, -0.05) is 127 Å². The van der Waals surface area contributed by atoms with Crippen LogP contribution in [0.15, 0.2) is 199 Å². The van der Waals surface area contributed by atoms with E-state index >= 15 is 0 Å². The summed E-state index contributed by atoms with van der Waals surface area (Å²) in [5, 5.41) is 4.72. The lowest BCUT2D eigenvalue weighted by atomic mass is 10.0. The van der Waals surface area contributed by atoms with Crippen molar-refractivity contribution in [3.8, 4) is 27.9 Å². The molecule has 0 radical (unpaired) electrons. The van der Waals surface area contributed by atoms with E-state index in [9.17, 15) is 0 Å². The van der Waals surface area contributed by atoms with Gasteiger partial charge in [-0.3, -0.25) is 0 Å². The highest BCUT2D eigenvalue weighted by molar-refractivity contribution is 6.11. The zero-order valence-corrected chi connectivity index (χ0v) is 27.8. The molecule has 3 heteroatoms. The van der Waals surface area contributed by atoms with E-state index in [4.69, 9.17) is 4.42 Å². The van der Waals surface area contributed by atoms with Gasteiger partial charge in [0, 0.05) is 44.2 Å². The molecule has 0 bridgehead atoms. The van der Waals surface area contributed by atoms with Crippen molar-refractivity contribution in [2.24, 2.45) is 0 Å². The Balaban J connectivity index is 1.11. The monoisotopic (exact) mass is 652 g/mol. The average Bonchev–Trinajstić information content (AvgIpc) is 3.74. The van der Waals surface area contributed by atoms with Gasteiger partial charge in [-0.05, 0) is 83.4 Å². The fourth-order valence-corrected chi connectivity index (χ4v) is 7.62. The Morgan fingerprint density at radius 2 is 0.961 bits per heavy atom. The van der Waals surface area contributed by atoms with Gasteiger partial charge in [-0.15, -0.1) is 0 Å². The lowest BCUT2D eigenvalue weighted by Crippen LogP contribution is -2.09. The second-order valence-corrected chi connectivity index (χ2v) is 13.0. The molecule has 3 nitrogen and oxygen atoms in total. The van der Waals surface area contributed by atoms with Crippen molar-refractivity contribution in [2.75, 3.05) is 4.90 Å². The maximum Gasteiger partial charge on any atom is 0.135 e. The van der Waals surface area contributed by atoms with Crippen LogP contribution in [0.3, 0.4) is 0 Å². The smallest absolute Gasteiger partial charge is 0.135 e. The number of rotatable bonds is 6. The first-order valence-electron chi connectivity index (χ1n) is 17.4. The van der Waals surface area contributed by atoms with Gasteiger partial charge in [0.25, 0.3) is 0 Å². The van der Waals surface area contributed by atoms with Crippen molar-refractivity contribution in [3.63, 3.8) is 0 Å². The normalized spacial score (nSPS) is 11.5. The van der Waals surface area contributed by atoms with Crippen LogP contribution >= 0.6 is 0 Å². The Kier molecular flexibility index (Phi) is 6.81. The molecular formula is C48H32N2O. The first kappa shape index (κ1) is 29.1. The minimum Gasteiger partial charge on any atom is -0.456 e. The molecule has 10 aromatic rings. The largest absolute Gasteiger partial charge is 0.456 e. The van der Waals surface area contributed by atoms with Gasteiger partial charge in [0.15, 0.2) is 0 Å². The minimum absolute atomic E-state index is 0.890. The summed E-state index contributed by atoms with van der Waals surface area (Å²) in [6, 6.07) is 69.2. The zero-order valence-electron chi connectivity index (χ0n) is 27.8. The van der Waals surface area contributed by atoms with E-state index in [1.54, 1.807) is 0 Å². The maximum atomic E-state index is 6.17. The van der Waals surface area contributed by atoms with E-state index in [0.29, 0.717) is 0 Å². The third kappa shape index (κ3) is 4.90. The number of hydrogen-bond donors (Lipinski definition) is 0. The molecule has 2 aromatic heterocycles. The van der Waals surface area contributed by atoms with Crippen LogP contribution < -0.4 is 4.90 Å². The molecule has 240 valence electrons. The van der Waals surface area contributed by atoms with E-state index in [2.05, 4.69) is 191 Å². The number of fused-ring (bicyclic) bond motifs is 6. The summed E-state index contributed by atoms with van der Waals surface area (Å²) < 4.78 is 8.60. The van der Waals surface area contributed by atoms with Crippen molar-refractivity contribution >= 4 is 60.8 Å². The number of furan rings is 1. The van der Waals surface area contributed by atoms with Crippen molar-refractivity contribution in [3.05, 3.63) is 194 Å². The van der Waals surface area contributed by atoms with Gasteiger partial charge >= 0.3 is 0 Å². The molecule has 0 amide bonds. The van der Waals surface area contributed by atoms with Crippen LogP contribution in [0, 0.1) is 0 Å². The molecule has 0 spiro atoms. The molecule has 0 aliphatic heterocycles. The second-order valence-electron chi connectivity index (χ2n) is 13.0. The van der Waals surface area contributed by atoms with Gasteiger partial charge < -0.3 is 13.9 Å². The van der Waals surface area contributed by atoms with Gasteiger partial charge in [-0.25, -0.2) is 0 Å². The predicted octanol–water partition coefficient (Wildman–Crippen LogP) is 13.5. The van der Waals surface area contributed by atoms with Crippen LogP contribution in [-0.4, -0.2) is 4.57 Å². The summed E-state index contributed by atoms with van der Waals surface area (Å²) in [7, 11) is 0.